The number of hydrogen-bond donors (Lipinski definition) is 2. The molecule has 1 unspecified atom stereocenters. The highest BCUT2D eigenvalue weighted by atomic mass is 35.5. The highest BCUT2D eigenvalue weighted by Gasteiger charge is 2.29. The average molecular weight is 525 g/mol. The van der Waals surface area contributed by atoms with Crippen LogP contribution in [0.4, 0.5) is 11.5 Å². The van der Waals surface area contributed by atoms with Crippen LogP contribution in [0, 0.1) is 0 Å². The van der Waals surface area contributed by atoms with Crippen LogP contribution in [0.25, 0.3) is 5.69 Å². The van der Waals surface area contributed by atoms with Gasteiger partial charge in [0.25, 0.3) is 0 Å². The van der Waals surface area contributed by atoms with Crippen molar-refractivity contribution in [3.63, 3.8) is 0 Å². The van der Waals surface area contributed by atoms with Crippen molar-refractivity contribution >= 4 is 34.7 Å². The van der Waals surface area contributed by atoms with Crippen molar-refractivity contribution in [2.45, 2.75) is 18.8 Å². The van der Waals surface area contributed by atoms with E-state index in [2.05, 4.69) is 44.5 Å². The molecule has 3 N–H and O–H groups in total. The van der Waals surface area contributed by atoms with Gasteiger partial charge < -0.3 is 25.1 Å². The third-order valence-electron chi connectivity index (χ3n) is 6.06. The number of rotatable bonds is 10. The number of ether oxygens (including phenoxy) is 2. The maximum absolute atomic E-state index is 6.26. The summed E-state index contributed by atoms with van der Waals surface area (Å²) in [7, 11) is 0. The maximum Gasteiger partial charge on any atom is 0.224 e. The van der Waals surface area contributed by atoms with Gasteiger partial charge in [-0.15, -0.1) is 0 Å². The van der Waals surface area contributed by atoms with E-state index in [1.165, 1.54) is 5.56 Å². The Hall–Kier alpha value is -3.33. The minimum Gasteiger partial charge on any atom is -0.489 e. The number of aromatic nitrogens is 4. The number of halogens is 2. The number of fused-ring (bicyclic) bond motifs is 1. The Morgan fingerprint density at radius 3 is 2.72 bits per heavy atom. The molecule has 4 aromatic rings. The molecule has 0 radical (unpaired) electrons. The second-order valence-electron chi connectivity index (χ2n) is 8.43. The predicted molar refractivity (Wildman–Crippen MR) is 141 cm³/mol. The summed E-state index contributed by atoms with van der Waals surface area (Å²) in [5.41, 5.74) is 10.7. The van der Waals surface area contributed by atoms with Crippen LogP contribution in [0.5, 0.6) is 5.75 Å². The van der Waals surface area contributed by atoms with Gasteiger partial charge in [-0.3, -0.25) is 0 Å². The van der Waals surface area contributed by atoms with Crippen molar-refractivity contribution in [2.75, 3.05) is 37.4 Å². The molecule has 0 saturated carbocycles. The summed E-state index contributed by atoms with van der Waals surface area (Å²) in [6.45, 7) is 1.86. The molecule has 8 nitrogen and oxygen atoms in total. The Balaban J connectivity index is 1.12. The molecule has 0 spiro atoms. The zero-order valence-electron chi connectivity index (χ0n) is 19.5. The van der Waals surface area contributed by atoms with E-state index in [-0.39, 0.29) is 11.2 Å². The first kappa shape index (κ1) is 24.4. The molecule has 0 aliphatic heterocycles. The quantitative estimate of drug-likeness (QED) is 0.168. The molecule has 2 aromatic carbocycles. The van der Waals surface area contributed by atoms with Gasteiger partial charge in [0.1, 0.15) is 29.7 Å². The van der Waals surface area contributed by atoms with Gasteiger partial charge in [0.2, 0.25) is 5.28 Å². The van der Waals surface area contributed by atoms with Gasteiger partial charge in [-0.1, -0.05) is 41.9 Å². The normalized spacial score (nSPS) is 14.6. The van der Waals surface area contributed by atoms with Crippen molar-refractivity contribution in [1.29, 1.82) is 0 Å². The largest absolute Gasteiger partial charge is 0.489 e. The lowest BCUT2D eigenvalue weighted by molar-refractivity contribution is 0.107. The van der Waals surface area contributed by atoms with Crippen LogP contribution < -0.4 is 15.8 Å². The first-order valence-electron chi connectivity index (χ1n) is 11.7. The zero-order valence-corrected chi connectivity index (χ0v) is 21.0. The first-order chi connectivity index (χ1) is 17.6. The van der Waals surface area contributed by atoms with E-state index in [1.807, 2.05) is 12.1 Å². The van der Waals surface area contributed by atoms with Crippen molar-refractivity contribution in [3.05, 3.63) is 88.3 Å². The second-order valence-corrected chi connectivity index (χ2v) is 9.15. The molecule has 0 bridgehead atoms. The van der Waals surface area contributed by atoms with E-state index in [9.17, 15) is 0 Å². The van der Waals surface area contributed by atoms with Gasteiger partial charge >= 0.3 is 0 Å². The van der Waals surface area contributed by atoms with Crippen LogP contribution >= 0.6 is 23.2 Å². The number of benzene rings is 2. The van der Waals surface area contributed by atoms with Crippen LogP contribution in [0.15, 0.2) is 61.1 Å². The minimum atomic E-state index is 0.242. The van der Waals surface area contributed by atoms with Crippen LogP contribution in [0.2, 0.25) is 10.4 Å². The zero-order chi connectivity index (χ0) is 24.9. The smallest absolute Gasteiger partial charge is 0.224 e. The number of nitrogens with one attached hydrogen (secondary N) is 1. The maximum atomic E-state index is 6.26. The minimum absolute atomic E-state index is 0.242. The molecule has 1 atom stereocenters. The van der Waals surface area contributed by atoms with Gasteiger partial charge in [-0.05, 0) is 42.1 Å². The molecule has 1 aliphatic rings. The van der Waals surface area contributed by atoms with Crippen molar-refractivity contribution in [2.24, 2.45) is 0 Å². The van der Waals surface area contributed by atoms with Crippen molar-refractivity contribution in [3.8, 4) is 11.4 Å². The number of nitrogen functional groups attached to an aromatic ring is 1. The van der Waals surface area contributed by atoms with E-state index >= 15 is 0 Å². The van der Waals surface area contributed by atoms with Crippen LogP contribution in [-0.4, -0.2) is 45.9 Å². The Labute approximate surface area is 219 Å². The molecule has 36 heavy (non-hydrogen) atoms. The van der Waals surface area contributed by atoms with E-state index in [0.717, 1.165) is 35.6 Å². The SMILES string of the molecule is Nc1ccc(-n2cnc(Cl)c2)c(OCCOCCNc2nc(Cl)nc3c2CCC3c2ccccc2)c1. The summed E-state index contributed by atoms with van der Waals surface area (Å²) in [6, 6.07) is 15.8. The number of nitrogens with two attached hydrogens (primary N) is 1. The third kappa shape index (κ3) is 5.56. The molecule has 2 aromatic heterocycles. The molecule has 5 rings (SSSR count). The molecule has 186 valence electrons. The Morgan fingerprint density at radius 1 is 1.06 bits per heavy atom. The highest BCUT2D eigenvalue weighted by Crippen LogP contribution is 2.40. The predicted octanol–water partition coefficient (Wildman–Crippen LogP) is 5.14. The van der Waals surface area contributed by atoms with E-state index in [1.54, 1.807) is 29.2 Å². The molecular formula is C26H26Cl2N6O2. The lowest BCUT2D eigenvalue weighted by Crippen LogP contribution is -2.16. The summed E-state index contributed by atoms with van der Waals surface area (Å²) in [5, 5.41) is 4.02. The molecule has 1 aliphatic carbocycles. The summed E-state index contributed by atoms with van der Waals surface area (Å²) in [5.74, 6) is 1.66. The topological polar surface area (TPSA) is 100 Å². The van der Waals surface area contributed by atoms with E-state index in [0.29, 0.717) is 43.0 Å². The number of hydrogen-bond acceptors (Lipinski definition) is 7. The fourth-order valence-corrected chi connectivity index (χ4v) is 4.76. The standard InChI is InChI=1S/C26H26Cl2N6O2/c27-23-15-34(16-31-23)21-9-6-18(29)14-22(21)36-13-12-35-11-10-30-25-20-8-7-19(17-4-2-1-3-5-17)24(20)32-26(28)33-25/h1-6,9,14-16,19H,7-8,10-13,29H2,(H,30,32,33). The van der Waals surface area contributed by atoms with Gasteiger partial charge in [0.15, 0.2) is 0 Å². The second kappa shape index (κ2) is 11.2. The van der Waals surface area contributed by atoms with Crippen LogP contribution in [0.1, 0.15) is 29.2 Å². The van der Waals surface area contributed by atoms with Crippen LogP contribution in [0.3, 0.4) is 0 Å². The fraction of sp³-hybridized carbons (Fsp3) is 0.269. The van der Waals surface area contributed by atoms with Gasteiger partial charge in [0, 0.05) is 36.0 Å². The summed E-state index contributed by atoms with van der Waals surface area (Å²) >= 11 is 12.2. The summed E-state index contributed by atoms with van der Waals surface area (Å²) in [4.78, 5) is 13.0. The summed E-state index contributed by atoms with van der Waals surface area (Å²) < 4.78 is 13.5. The number of imidazole rings is 1. The van der Waals surface area contributed by atoms with Gasteiger partial charge in [-0.2, -0.15) is 0 Å². The lowest BCUT2D eigenvalue weighted by atomic mass is 9.97. The Kier molecular flexibility index (Phi) is 7.55. The number of anilines is 2. The monoisotopic (exact) mass is 524 g/mol. The summed E-state index contributed by atoms with van der Waals surface area (Å²) in [6.07, 6.45) is 5.24. The van der Waals surface area contributed by atoms with Crippen molar-refractivity contribution in [1.82, 2.24) is 19.5 Å². The molecule has 2 heterocycles. The molecule has 0 amide bonds. The fourth-order valence-electron chi connectivity index (χ4n) is 4.43. The first-order valence-corrected chi connectivity index (χ1v) is 12.5. The molecular weight excluding hydrogens is 499 g/mol. The van der Waals surface area contributed by atoms with E-state index < -0.39 is 0 Å². The van der Waals surface area contributed by atoms with Crippen molar-refractivity contribution < 1.29 is 9.47 Å². The molecule has 0 fully saturated rings. The Morgan fingerprint density at radius 2 is 1.92 bits per heavy atom. The van der Waals surface area contributed by atoms with E-state index in [4.69, 9.17) is 38.4 Å². The van der Waals surface area contributed by atoms with Crippen LogP contribution in [-0.2, 0) is 11.2 Å². The molecule has 0 saturated heterocycles. The van der Waals surface area contributed by atoms with Gasteiger partial charge in [0.05, 0.1) is 24.6 Å². The van der Waals surface area contributed by atoms with Gasteiger partial charge in [-0.25, -0.2) is 15.0 Å². The average Bonchev–Trinajstić information content (AvgIpc) is 3.50. The third-order valence-corrected chi connectivity index (χ3v) is 6.43. The number of nitrogens with zero attached hydrogens (tertiary/aromatic N) is 4. The lowest BCUT2D eigenvalue weighted by Gasteiger charge is -2.14. The molecule has 10 heteroatoms. The Bertz CT molecular complexity index is 1330. The highest BCUT2D eigenvalue weighted by molar-refractivity contribution is 6.29.